The molecule has 0 saturated carbocycles. The van der Waals surface area contributed by atoms with Crippen molar-refractivity contribution in [1.29, 1.82) is 0 Å². The van der Waals surface area contributed by atoms with Crippen molar-refractivity contribution < 1.29 is 9.47 Å². The van der Waals surface area contributed by atoms with Gasteiger partial charge in [0.25, 0.3) is 0 Å². The smallest absolute Gasteiger partial charge is 0.145 e. The first-order valence-electron chi connectivity index (χ1n) is 6.48. The van der Waals surface area contributed by atoms with E-state index in [-0.39, 0.29) is 6.04 Å². The molecule has 0 aromatic heterocycles. The van der Waals surface area contributed by atoms with Crippen LogP contribution < -0.4 is 14.8 Å². The maximum atomic E-state index is 6.19. The van der Waals surface area contributed by atoms with Gasteiger partial charge in [-0.05, 0) is 53.3 Å². The first kappa shape index (κ1) is 16.2. The number of rotatable bonds is 5. The molecule has 0 fully saturated rings. The lowest BCUT2D eigenvalue weighted by Gasteiger charge is -2.19. The highest BCUT2D eigenvalue weighted by molar-refractivity contribution is 14.1. The van der Waals surface area contributed by atoms with Gasteiger partial charge in [-0.1, -0.05) is 23.7 Å². The lowest BCUT2D eigenvalue weighted by Crippen LogP contribution is -2.08. The number of benzene rings is 2. The molecule has 0 aliphatic heterocycles. The van der Waals surface area contributed by atoms with Crippen molar-refractivity contribution >= 4 is 39.9 Å². The zero-order valence-corrected chi connectivity index (χ0v) is 15.0. The number of nitrogens with one attached hydrogen (secondary N) is 1. The molecular weight excluding hydrogens is 401 g/mol. The highest BCUT2D eigenvalue weighted by Gasteiger charge is 2.13. The van der Waals surface area contributed by atoms with Crippen molar-refractivity contribution in [3.8, 4) is 11.5 Å². The molecule has 3 nitrogen and oxygen atoms in total. The van der Waals surface area contributed by atoms with Gasteiger partial charge in [-0.25, -0.2) is 0 Å². The molecule has 2 aromatic rings. The van der Waals surface area contributed by atoms with Crippen LogP contribution in [0.4, 0.5) is 5.69 Å². The van der Waals surface area contributed by atoms with Gasteiger partial charge in [0, 0.05) is 15.7 Å². The second kappa shape index (κ2) is 7.22. The Kier molecular flexibility index (Phi) is 5.58. The summed E-state index contributed by atoms with van der Waals surface area (Å²) < 4.78 is 11.8. The third-order valence-electron chi connectivity index (χ3n) is 3.22. The molecule has 2 aromatic carbocycles. The molecule has 0 radical (unpaired) electrons. The predicted molar refractivity (Wildman–Crippen MR) is 95.8 cm³/mol. The zero-order valence-electron chi connectivity index (χ0n) is 12.1. The van der Waals surface area contributed by atoms with E-state index in [0.717, 1.165) is 5.69 Å². The maximum Gasteiger partial charge on any atom is 0.145 e. The van der Waals surface area contributed by atoms with E-state index < -0.39 is 0 Å². The number of ether oxygens (including phenoxy) is 2. The molecule has 21 heavy (non-hydrogen) atoms. The van der Waals surface area contributed by atoms with E-state index in [1.165, 1.54) is 9.13 Å². The van der Waals surface area contributed by atoms with Crippen LogP contribution in [-0.4, -0.2) is 14.2 Å². The topological polar surface area (TPSA) is 30.5 Å². The summed E-state index contributed by atoms with van der Waals surface area (Å²) in [5, 5.41) is 3.97. The fourth-order valence-electron chi connectivity index (χ4n) is 2.04. The van der Waals surface area contributed by atoms with Gasteiger partial charge < -0.3 is 14.8 Å². The van der Waals surface area contributed by atoms with Gasteiger partial charge >= 0.3 is 0 Å². The van der Waals surface area contributed by atoms with Gasteiger partial charge in [-0.2, -0.15) is 0 Å². The maximum absolute atomic E-state index is 6.19. The van der Waals surface area contributed by atoms with Gasteiger partial charge in [-0.15, -0.1) is 0 Å². The van der Waals surface area contributed by atoms with Crippen molar-refractivity contribution in [2.24, 2.45) is 0 Å². The van der Waals surface area contributed by atoms with Gasteiger partial charge in [0.1, 0.15) is 11.5 Å². The normalized spacial score (nSPS) is 11.9. The fraction of sp³-hybridized carbons (Fsp3) is 0.250. The molecule has 2 rings (SSSR count). The van der Waals surface area contributed by atoms with E-state index in [4.69, 9.17) is 21.1 Å². The fourth-order valence-corrected chi connectivity index (χ4v) is 2.64. The van der Waals surface area contributed by atoms with Crippen LogP contribution in [0.5, 0.6) is 11.5 Å². The summed E-state index contributed by atoms with van der Waals surface area (Å²) in [6, 6.07) is 12.1. The molecule has 1 atom stereocenters. The van der Waals surface area contributed by atoms with Crippen LogP contribution >= 0.6 is 34.2 Å². The van der Waals surface area contributed by atoms with Crippen LogP contribution in [0.2, 0.25) is 5.02 Å². The van der Waals surface area contributed by atoms with Gasteiger partial charge in [0.2, 0.25) is 0 Å². The second-order valence-electron chi connectivity index (χ2n) is 4.60. The first-order chi connectivity index (χ1) is 10.0. The van der Waals surface area contributed by atoms with Gasteiger partial charge in [0.15, 0.2) is 0 Å². The average Bonchev–Trinajstić information content (AvgIpc) is 2.48. The van der Waals surface area contributed by atoms with E-state index in [9.17, 15) is 0 Å². The highest BCUT2D eigenvalue weighted by Crippen LogP contribution is 2.37. The Balaban J connectivity index is 2.26. The van der Waals surface area contributed by atoms with Gasteiger partial charge in [0.05, 0.1) is 24.9 Å². The first-order valence-corrected chi connectivity index (χ1v) is 7.94. The Labute approximate surface area is 143 Å². The van der Waals surface area contributed by atoms with Crippen LogP contribution in [0, 0.1) is 3.57 Å². The van der Waals surface area contributed by atoms with E-state index in [2.05, 4.69) is 59.1 Å². The van der Waals surface area contributed by atoms with Crippen molar-refractivity contribution in [3.05, 3.63) is 50.6 Å². The van der Waals surface area contributed by atoms with Crippen LogP contribution in [-0.2, 0) is 0 Å². The van der Waals surface area contributed by atoms with E-state index >= 15 is 0 Å². The minimum absolute atomic E-state index is 0.139. The van der Waals surface area contributed by atoms with Crippen LogP contribution in [0.25, 0.3) is 0 Å². The molecule has 0 heterocycles. The molecule has 0 aliphatic carbocycles. The molecule has 0 saturated heterocycles. The highest BCUT2D eigenvalue weighted by atomic mass is 127. The average molecular weight is 418 g/mol. The minimum Gasteiger partial charge on any atom is -0.495 e. The monoisotopic (exact) mass is 417 g/mol. The Hall–Kier alpha value is -1.14. The summed E-state index contributed by atoms with van der Waals surface area (Å²) in [5.74, 6) is 1.30. The Morgan fingerprint density at radius 2 is 1.67 bits per heavy atom. The molecule has 0 aliphatic rings. The number of methoxy groups -OCH3 is 2. The zero-order chi connectivity index (χ0) is 15.4. The van der Waals surface area contributed by atoms with E-state index in [1.807, 2.05) is 6.07 Å². The third-order valence-corrected chi connectivity index (χ3v) is 4.23. The van der Waals surface area contributed by atoms with Crippen LogP contribution in [0.3, 0.4) is 0 Å². The standard InChI is InChI=1S/C16H17ClINO2/c1-10(11-4-6-12(18)7-5-11)19-14-8-13(17)15(20-2)9-16(14)21-3/h4-10,19H,1-3H3. The molecule has 112 valence electrons. The molecule has 1 N–H and O–H groups in total. The Morgan fingerprint density at radius 1 is 1.05 bits per heavy atom. The molecule has 5 heteroatoms. The molecular formula is C16H17ClINO2. The number of anilines is 1. The summed E-state index contributed by atoms with van der Waals surface area (Å²) in [7, 11) is 3.21. The largest absolute Gasteiger partial charge is 0.495 e. The van der Waals surface area contributed by atoms with Crippen LogP contribution in [0.1, 0.15) is 18.5 Å². The summed E-state index contributed by atoms with van der Waals surface area (Å²) >= 11 is 8.48. The second-order valence-corrected chi connectivity index (χ2v) is 6.26. The minimum atomic E-state index is 0.139. The SMILES string of the molecule is COc1cc(OC)c(NC(C)c2ccc(I)cc2)cc1Cl. The number of halogens is 2. The summed E-state index contributed by atoms with van der Waals surface area (Å²) in [6.07, 6.45) is 0. The number of hydrogen-bond donors (Lipinski definition) is 1. The molecule has 0 amide bonds. The van der Waals surface area contributed by atoms with E-state index in [0.29, 0.717) is 16.5 Å². The molecule has 0 bridgehead atoms. The summed E-state index contributed by atoms with van der Waals surface area (Å²) in [5.41, 5.74) is 2.04. The number of hydrogen-bond acceptors (Lipinski definition) is 3. The van der Waals surface area contributed by atoms with Crippen molar-refractivity contribution in [1.82, 2.24) is 0 Å². The molecule has 1 unspecified atom stereocenters. The quantitative estimate of drug-likeness (QED) is 0.684. The van der Waals surface area contributed by atoms with Crippen molar-refractivity contribution in [2.45, 2.75) is 13.0 Å². The van der Waals surface area contributed by atoms with Crippen LogP contribution in [0.15, 0.2) is 36.4 Å². The predicted octanol–water partition coefficient (Wildman–Crippen LogP) is 5.13. The lowest BCUT2D eigenvalue weighted by atomic mass is 10.1. The third kappa shape index (κ3) is 3.95. The van der Waals surface area contributed by atoms with Crippen molar-refractivity contribution in [2.75, 3.05) is 19.5 Å². The van der Waals surface area contributed by atoms with Crippen molar-refractivity contribution in [3.63, 3.8) is 0 Å². The van der Waals surface area contributed by atoms with Gasteiger partial charge in [-0.3, -0.25) is 0 Å². The Bertz CT molecular complexity index is 616. The lowest BCUT2D eigenvalue weighted by molar-refractivity contribution is 0.395. The Morgan fingerprint density at radius 3 is 2.24 bits per heavy atom. The summed E-state index contributed by atoms with van der Waals surface area (Å²) in [6.45, 7) is 2.10. The van der Waals surface area contributed by atoms with E-state index in [1.54, 1.807) is 20.3 Å². The summed E-state index contributed by atoms with van der Waals surface area (Å²) in [4.78, 5) is 0. The molecule has 0 spiro atoms.